The van der Waals surface area contributed by atoms with Crippen molar-refractivity contribution in [2.75, 3.05) is 18.5 Å². The van der Waals surface area contributed by atoms with Gasteiger partial charge >= 0.3 is 0 Å². The summed E-state index contributed by atoms with van der Waals surface area (Å²) in [5, 5.41) is 4.24. The molecule has 2 aromatic rings. The zero-order chi connectivity index (χ0) is 14.4. The van der Waals surface area contributed by atoms with Crippen molar-refractivity contribution in [3.8, 4) is 11.5 Å². The van der Waals surface area contributed by atoms with Gasteiger partial charge in [0.1, 0.15) is 9.34 Å². The van der Waals surface area contributed by atoms with Crippen LogP contribution in [0.5, 0.6) is 11.5 Å². The second-order valence-corrected chi connectivity index (χ2v) is 5.69. The smallest absolute Gasteiger partial charge is 0.163 e. The summed E-state index contributed by atoms with van der Waals surface area (Å²) in [7, 11) is 0. The molecule has 0 amide bonds. The SMILES string of the molecule is CCOc1ccc(NCc2ncc(Cl)s2)cc1OCC. The molecule has 2 rings (SSSR count). The van der Waals surface area contributed by atoms with Crippen LogP contribution in [-0.4, -0.2) is 18.2 Å². The Morgan fingerprint density at radius 1 is 1.20 bits per heavy atom. The number of aromatic nitrogens is 1. The van der Waals surface area contributed by atoms with Crippen LogP contribution in [0.3, 0.4) is 0 Å². The second-order valence-electron chi connectivity index (χ2n) is 3.94. The maximum Gasteiger partial charge on any atom is 0.163 e. The van der Waals surface area contributed by atoms with Crippen molar-refractivity contribution in [1.82, 2.24) is 4.98 Å². The predicted octanol–water partition coefficient (Wildman–Crippen LogP) is 4.21. The van der Waals surface area contributed by atoms with Crippen molar-refractivity contribution in [3.63, 3.8) is 0 Å². The van der Waals surface area contributed by atoms with E-state index >= 15 is 0 Å². The van der Waals surface area contributed by atoms with Crippen LogP contribution in [0.2, 0.25) is 4.34 Å². The molecule has 0 fully saturated rings. The minimum atomic E-state index is 0.603. The number of thiazole rings is 1. The van der Waals surface area contributed by atoms with Crippen LogP contribution in [0.15, 0.2) is 24.4 Å². The first-order chi connectivity index (χ1) is 9.72. The van der Waals surface area contributed by atoms with Crippen LogP contribution in [0.4, 0.5) is 5.69 Å². The summed E-state index contributed by atoms with van der Waals surface area (Å²) in [6, 6.07) is 5.80. The molecule has 0 aliphatic heterocycles. The molecule has 1 heterocycles. The van der Waals surface area contributed by atoms with E-state index in [1.54, 1.807) is 6.20 Å². The Morgan fingerprint density at radius 2 is 1.95 bits per heavy atom. The van der Waals surface area contributed by atoms with E-state index in [2.05, 4.69) is 10.3 Å². The minimum absolute atomic E-state index is 0.603. The highest BCUT2D eigenvalue weighted by Gasteiger charge is 2.06. The zero-order valence-electron chi connectivity index (χ0n) is 11.5. The Hall–Kier alpha value is -1.46. The lowest BCUT2D eigenvalue weighted by Crippen LogP contribution is -2.02. The predicted molar refractivity (Wildman–Crippen MR) is 83.2 cm³/mol. The number of hydrogen-bond donors (Lipinski definition) is 1. The van der Waals surface area contributed by atoms with Crippen molar-refractivity contribution in [3.05, 3.63) is 33.7 Å². The van der Waals surface area contributed by atoms with Gasteiger partial charge in [0.25, 0.3) is 0 Å². The first kappa shape index (κ1) is 14.9. The second kappa shape index (κ2) is 7.36. The summed E-state index contributed by atoms with van der Waals surface area (Å²) in [5.74, 6) is 1.51. The quantitative estimate of drug-likeness (QED) is 0.832. The largest absolute Gasteiger partial charge is 0.490 e. The van der Waals surface area contributed by atoms with Crippen LogP contribution in [0.25, 0.3) is 0 Å². The number of hydrogen-bond acceptors (Lipinski definition) is 5. The van der Waals surface area contributed by atoms with Crippen LogP contribution in [0.1, 0.15) is 18.9 Å². The van der Waals surface area contributed by atoms with Gasteiger partial charge in [-0.05, 0) is 26.0 Å². The van der Waals surface area contributed by atoms with Gasteiger partial charge in [-0.1, -0.05) is 11.6 Å². The van der Waals surface area contributed by atoms with Crippen LogP contribution >= 0.6 is 22.9 Å². The summed E-state index contributed by atoms with van der Waals surface area (Å²) in [6.45, 7) is 5.76. The topological polar surface area (TPSA) is 43.4 Å². The van der Waals surface area contributed by atoms with Gasteiger partial charge in [-0.3, -0.25) is 0 Å². The lowest BCUT2D eigenvalue weighted by molar-refractivity contribution is 0.288. The average molecular weight is 313 g/mol. The molecule has 0 aliphatic carbocycles. The highest BCUT2D eigenvalue weighted by molar-refractivity contribution is 7.15. The molecule has 0 unspecified atom stereocenters. The maximum atomic E-state index is 5.86. The molecule has 1 aromatic carbocycles. The fraction of sp³-hybridized carbons (Fsp3) is 0.357. The molecule has 20 heavy (non-hydrogen) atoms. The minimum Gasteiger partial charge on any atom is -0.490 e. The third-order valence-corrected chi connectivity index (χ3v) is 3.63. The Kier molecular flexibility index (Phi) is 5.49. The molecule has 0 saturated heterocycles. The van der Waals surface area contributed by atoms with Gasteiger partial charge < -0.3 is 14.8 Å². The van der Waals surface area contributed by atoms with E-state index in [1.165, 1.54) is 11.3 Å². The van der Waals surface area contributed by atoms with Crippen LogP contribution in [0, 0.1) is 0 Å². The molecule has 108 valence electrons. The van der Waals surface area contributed by atoms with Gasteiger partial charge in [0, 0.05) is 11.8 Å². The molecule has 1 aromatic heterocycles. The number of nitrogens with zero attached hydrogens (tertiary/aromatic N) is 1. The summed E-state index contributed by atoms with van der Waals surface area (Å²) in [6.07, 6.45) is 1.66. The first-order valence-corrected chi connectivity index (χ1v) is 7.66. The monoisotopic (exact) mass is 312 g/mol. The number of anilines is 1. The number of benzene rings is 1. The van der Waals surface area contributed by atoms with Crippen LogP contribution in [-0.2, 0) is 6.54 Å². The number of nitrogens with one attached hydrogen (secondary N) is 1. The number of rotatable bonds is 7. The Labute approximate surface area is 127 Å². The van der Waals surface area contributed by atoms with Crippen molar-refractivity contribution < 1.29 is 9.47 Å². The van der Waals surface area contributed by atoms with Crippen molar-refractivity contribution in [2.45, 2.75) is 20.4 Å². The molecule has 6 heteroatoms. The van der Waals surface area contributed by atoms with E-state index in [9.17, 15) is 0 Å². The highest BCUT2D eigenvalue weighted by atomic mass is 35.5. The average Bonchev–Trinajstić information content (AvgIpc) is 2.85. The summed E-state index contributed by atoms with van der Waals surface area (Å²) in [5.41, 5.74) is 0.961. The molecule has 0 aliphatic rings. The van der Waals surface area contributed by atoms with Gasteiger partial charge in [0.05, 0.1) is 26.0 Å². The molecule has 0 radical (unpaired) electrons. The molecule has 0 bridgehead atoms. The van der Waals surface area contributed by atoms with E-state index in [0.29, 0.717) is 24.1 Å². The molecule has 1 N–H and O–H groups in total. The zero-order valence-corrected chi connectivity index (χ0v) is 13.1. The van der Waals surface area contributed by atoms with Crippen LogP contribution < -0.4 is 14.8 Å². The normalized spacial score (nSPS) is 10.3. The lowest BCUT2D eigenvalue weighted by Gasteiger charge is -2.13. The van der Waals surface area contributed by atoms with Gasteiger partial charge in [-0.25, -0.2) is 4.98 Å². The number of ether oxygens (including phenoxy) is 2. The van der Waals surface area contributed by atoms with Crippen molar-refractivity contribution in [1.29, 1.82) is 0 Å². The van der Waals surface area contributed by atoms with Gasteiger partial charge in [0.2, 0.25) is 0 Å². The molecular formula is C14H17ClN2O2S. The summed E-state index contributed by atoms with van der Waals surface area (Å²) in [4.78, 5) is 4.20. The van der Waals surface area contributed by atoms with E-state index in [-0.39, 0.29) is 0 Å². The molecule has 0 atom stereocenters. The Morgan fingerprint density at radius 3 is 2.60 bits per heavy atom. The molecule has 0 spiro atoms. The van der Waals surface area contributed by atoms with Gasteiger partial charge in [-0.15, -0.1) is 11.3 Å². The molecule has 4 nitrogen and oxygen atoms in total. The van der Waals surface area contributed by atoms with Crippen molar-refractivity contribution >= 4 is 28.6 Å². The third kappa shape index (κ3) is 4.02. The van der Waals surface area contributed by atoms with E-state index in [4.69, 9.17) is 21.1 Å². The van der Waals surface area contributed by atoms with E-state index in [1.807, 2.05) is 32.0 Å². The lowest BCUT2D eigenvalue weighted by atomic mass is 10.2. The van der Waals surface area contributed by atoms with E-state index < -0.39 is 0 Å². The first-order valence-electron chi connectivity index (χ1n) is 6.46. The van der Waals surface area contributed by atoms with Gasteiger partial charge in [-0.2, -0.15) is 0 Å². The van der Waals surface area contributed by atoms with Gasteiger partial charge in [0.15, 0.2) is 11.5 Å². The van der Waals surface area contributed by atoms with Crippen molar-refractivity contribution in [2.24, 2.45) is 0 Å². The summed E-state index contributed by atoms with van der Waals surface area (Å²) >= 11 is 7.32. The van der Waals surface area contributed by atoms with E-state index in [0.717, 1.165) is 22.2 Å². The molecular weight excluding hydrogens is 296 g/mol. The molecule has 0 saturated carbocycles. The Balaban J connectivity index is 2.05. The fourth-order valence-corrected chi connectivity index (χ4v) is 2.60. The summed E-state index contributed by atoms with van der Waals surface area (Å²) < 4.78 is 11.8. The highest BCUT2D eigenvalue weighted by Crippen LogP contribution is 2.31. The Bertz CT molecular complexity index is 560. The standard InChI is InChI=1S/C14H17ClN2O2S/c1-3-18-11-6-5-10(7-12(11)19-4-2)16-9-14-17-8-13(15)20-14/h5-8,16H,3-4,9H2,1-2H3. The third-order valence-electron chi connectivity index (χ3n) is 2.51. The fourth-order valence-electron chi connectivity index (χ4n) is 1.71. The maximum absolute atomic E-state index is 5.86. The number of halogens is 1.